The first-order chi connectivity index (χ1) is 13.6. The minimum Gasteiger partial charge on any atom is -0.496 e. The summed E-state index contributed by atoms with van der Waals surface area (Å²) in [6.07, 6.45) is 2.13. The third-order valence-electron chi connectivity index (χ3n) is 4.89. The Balaban J connectivity index is 1.78. The summed E-state index contributed by atoms with van der Waals surface area (Å²) in [5.41, 5.74) is 1.83. The van der Waals surface area contributed by atoms with Crippen LogP contribution in [0.25, 0.3) is 0 Å². The third kappa shape index (κ3) is 3.20. The lowest BCUT2D eigenvalue weighted by atomic mass is 9.86. The van der Waals surface area contributed by atoms with Crippen LogP contribution in [-0.4, -0.2) is 37.0 Å². The van der Waals surface area contributed by atoms with E-state index in [0.717, 1.165) is 16.9 Å². The number of amides is 1. The molecule has 1 aliphatic heterocycles. The van der Waals surface area contributed by atoms with Crippen molar-refractivity contribution in [1.82, 2.24) is 9.78 Å². The number of nitrogens with zero attached hydrogens (tertiary/aromatic N) is 2. The van der Waals surface area contributed by atoms with Gasteiger partial charge in [0.2, 0.25) is 5.91 Å². The molecule has 1 unspecified atom stereocenters. The Bertz CT molecular complexity index is 997. The molecule has 28 heavy (non-hydrogen) atoms. The van der Waals surface area contributed by atoms with Crippen LogP contribution >= 0.6 is 11.3 Å². The fraction of sp³-hybridized carbons (Fsp3) is 0.300. The fourth-order valence-electron chi connectivity index (χ4n) is 3.54. The van der Waals surface area contributed by atoms with E-state index < -0.39 is 0 Å². The SMILES string of the molecule is COc1cc(OC)c(C2CC(=O)Nc3c2cnn3Cc2cccs2)cc1OC. The van der Waals surface area contributed by atoms with Gasteiger partial charge in [0, 0.05) is 34.4 Å². The van der Waals surface area contributed by atoms with Crippen LogP contribution < -0.4 is 19.5 Å². The maximum absolute atomic E-state index is 12.5. The Hall–Kier alpha value is -3.00. The van der Waals surface area contributed by atoms with Gasteiger partial charge in [-0.25, -0.2) is 4.68 Å². The van der Waals surface area contributed by atoms with Crippen molar-refractivity contribution in [2.24, 2.45) is 0 Å². The topological polar surface area (TPSA) is 74.6 Å². The first kappa shape index (κ1) is 18.4. The molecule has 3 aromatic rings. The van der Waals surface area contributed by atoms with E-state index in [-0.39, 0.29) is 11.8 Å². The average Bonchev–Trinajstić information content (AvgIpc) is 3.37. The predicted molar refractivity (Wildman–Crippen MR) is 107 cm³/mol. The molecule has 1 aliphatic rings. The predicted octanol–water partition coefficient (Wildman–Crippen LogP) is 3.49. The molecule has 1 atom stereocenters. The highest BCUT2D eigenvalue weighted by Gasteiger charge is 2.32. The van der Waals surface area contributed by atoms with Crippen molar-refractivity contribution in [2.45, 2.75) is 18.9 Å². The monoisotopic (exact) mass is 399 g/mol. The smallest absolute Gasteiger partial charge is 0.226 e. The second-order valence-electron chi connectivity index (χ2n) is 6.44. The molecule has 3 heterocycles. The van der Waals surface area contributed by atoms with Gasteiger partial charge in [-0.2, -0.15) is 5.10 Å². The number of rotatable bonds is 6. The van der Waals surface area contributed by atoms with Crippen molar-refractivity contribution in [2.75, 3.05) is 26.6 Å². The van der Waals surface area contributed by atoms with Crippen molar-refractivity contribution in [3.05, 3.63) is 51.8 Å². The minimum absolute atomic E-state index is 0.0535. The summed E-state index contributed by atoms with van der Waals surface area (Å²) in [7, 11) is 4.78. The summed E-state index contributed by atoms with van der Waals surface area (Å²) in [6, 6.07) is 7.72. The number of benzene rings is 1. The molecule has 8 heteroatoms. The van der Waals surface area contributed by atoms with Gasteiger partial charge in [-0.15, -0.1) is 11.3 Å². The number of methoxy groups -OCH3 is 3. The van der Waals surface area contributed by atoms with Crippen LogP contribution in [0.4, 0.5) is 5.82 Å². The molecule has 0 saturated heterocycles. The van der Waals surface area contributed by atoms with Crippen LogP contribution in [0.2, 0.25) is 0 Å². The first-order valence-electron chi connectivity index (χ1n) is 8.82. The van der Waals surface area contributed by atoms with Gasteiger partial charge < -0.3 is 19.5 Å². The minimum atomic E-state index is -0.185. The van der Waals surface area contributed by atoms with Gasteiger partial charge in [-0.05, 0) is 17.5 Å². The highest BCUT2D eigenvalue weighted by molar-refractivity contribution is 7.09. The Kier molecular flexibility index (Phi) is 4.95. The molecule has 2 aromatic heterocycles. The Labute approximate surface area is 166 Å². The van der Waals surface area contributed by atoms with Gasteiger partial charge >= 0.3 is 0 Å². The quantitative estimate of drug-likeness (QED) is 0.687. The number of anilines is 1. The van der Waals surface area contributed by atoms with Crippen LogP contribution in [0.5, 0.6) is 17.2 Å². The van der Waals surface area contributed by atoms with E-state index >= 15 is 0 Å². The number of nitrogens with one attached hydrogen (secondary N) is 1. The number of carbonyl (C=O) groups is 1. The summed E-state index contributed by atoms with van der Waals surface area (Å²) >= 11 is 1.66. The molecule has 0 radical (unpaired) electrons. The lowest BCUT2D eigenvalue weighted by molar-refractivity contribution is -0.116. The second kappa shape index (κ2) is 7.55. The van der Waals surface area contributed by atoms with E-state index in [1.807, 2.05) is 28.4 Å². The number of aromatic nitrogens is 2. The molecular weight excluding hydrogens is 378 g/mol. The standard InChI is InChI=1S/C20H21N3O4S/c1-25-16-9-18(27-3)17(26-2)7-14(16)13-8-19(24)22-20-15(13)10-21-23(20)11-12-5-4-6-28-12/h4-7,9-10,13H,8,11H2,1-3H3,(H,22,24). The summed E-state index contributed by atoms with van der Waals surface area (Å²) < 4.78 is 18.3. The van der Waals surface area contributed by atoms with E-state index in [1.54, 1.807) is 38.7 Å². The van der Waals surface area contributed by atoms with E-state index in [9.17, 15) is 4.79 Å². The molecule has 1 aromatic carbocycles. The summed E-state index contributed by atoms with van der Waals surface area (Å²) in [6.45, 7) is 0.614. The fourth-order valence-corrected chi connectivity index (χ4v) is 4.23. The maximum atomic E-state index is 12.5. The van der Waals surface area contributed by atoms with Gasteiger partial charge in [-0.3, -0.25) is 4.79 Å². The lowest BCUT2D eigenvalue weighted by Crippen LogP contribution is -2.25. The zero-order chi connectivity index (χ0) is 19.7. The van der Waals surface area contributed by atoms with Crippen LogP contribution in [0.15, 0.2) is 35.8 Å². The van der Waals surface area contributed by atoms with Crippen LogP contribution in [0.3, 0.4) is 0 Å². The average molecular weight is 399 g/mol. The number of carbonyl (C=O) groups excluding carboxylic acids is 1. The third-order valence-corrected chi connectivity index (χ3v) is 5.75. The van der Waals surface area contributed by atoms with Crippen LogP contribution in [-0.2, 0) is 11.3 Å². The van der Waals surface area contributed by atoms with E-state index in [4.69, 9.17) is 14.2 Å². The molecule has 0 spiro atoms. The maximum Gasteiger partial charge on any atom is 0.226 e. The number of hydrogen-bond donors (Lipinski definition) is 1. The highest BCUT2D eigenvalue weighted by Crippen LogP contribution is 2.45. The largest absolute Gasteiger partial charge is 0.496 e. The number of ether oxygens (including phenoxy) is 3. The number of thiophene rings is 1. The Morgan fingerprint density at radius 2 is 1.89 bits per heavy atom. The number of hydrogen-bond acceptors (Lipinski definition) is 6. The zero-order valence-electron chi connectivity index (χ0n) is 15.9. The second-order valence-corrected chi connectivity index (χ2v) is 7.47. The molecule has 0 saturated carbocycles. The summed E-state index contributed by atoms with van der Waals surface area (Å²) in [4.78, 5) is 13.7. The van der Waals surface area contributed by atoms with E-state index in [0.29, 0.717) is 30.2 Å². The van der Waals surface area contributed by atoms with Gasteiger partial charge in [-0.1, -0.05) is 6.07 Å². The molecule has 7 nitrogen and oxygen atoms in total. The van der Waals surface area contributed by atoms with Gasteiger partial charge in [0.25, 0.3) is 0 Å². The Morgan fingerprint density at radius 1 is 1.14 bits per heavy atom. The van der Waals surface area contributed by atoms with E-state index in [2.05, 4.69) is 16.5 Å². The normalized spacial score (nSPS) is 15.7. The van der Waals surface area contributed by atoms with Gasteiger partial charge in [0.05, 0.1) is 34.1 Å². The zero-order valence-corrected chi connectivity index (χ0v) is 16.7. The number of fused-ring (bicyclic) bond motifs is 1. The molecule has 0 aliphatic carbocycles. The van der Waals surface area contributed by atoms with Crippen LogP contribution in [0.1, 0.15) is 28.3 Å². The molecule has 0 fully saturated rings. The molecule has 1 N–H and O–H groups in total. The van der Waals surface area contributed by atoms with Crippen molar-refractivity contribution in [3.8, 4) is 17.2 Å². The van der Waals surface area contributed by atoms with E-state index in [1.165, 1.54) is 4.88 Å². The van der Waals surface area contributed by atoms with Crippen molar-refractivity contribution in [3.63, 3.8) is 0 Å². The van der Waals surface area contributed by atoms with Gasteiger partial charge in [0.1, 0.15) is 11.6 Å². The van der Waals surface area contributed by atoms with Crippen LogP contribution in [0, 0.1) is 0 Å². The van der Waals surface area contributed by atoms with Crippen molar-refractivity contribution in [1.29, 1.82) is 0 Å². The Morgan fingerprint density at radius 3 is 2.57 bits per heavy atom. The molecule has 1 amide bonds. The van der Waals surface area contributed by atoms with Crippen molar-refractivity contribution < 1.29 is 19.0 Å². The molecule has 146 valence electrons. The molecular formula is C20H21N3O4S. The molecule has 0 bridgehead atoms. The lowest BCUT2D eigenvalue weighted by Gasteiger charge is -2.26. The van der Waals surface area contributed by atoms with Crippen molar-refractivity contribution >= 4 is 23.1 Å². The summed E-state index contributed by atoms with van der Waals surface area (Å²) in [5, 5.41) is 9.53. The first-order valence-corrected chi connectivity index (χ1v) is 9.70. The molecule has 4 rings (SSSR count). The van der Waals surface area contributed by atoms with Gasteiger partial charge in [0.15, 0.2) is 11.5 Å². The summed E-state index contributed by atoms with van der Waals surface area (Å²) in [5.74, 6) is 2.31. The highest BCUT2D eigenvalue weighted by atomic mass is 32.1.